The first-order valence-corrected chi connectivity index (χ1v) is 13.4. The predicted octanol–water partition coefficient (Wildman–Crippen LogP) is 4.58. The van der Waals surface area contributed by atoms with E-state index >= 15 is 0 Å². The quantitative estimate of drug-likeness (QED) is 0.565. The van der Waals surface area contributed by atoms with Crippen LogP contribution in [0.2, 0.25) is 0 Å². The van der Waals surface area contributed by atoms with Gasteiger partial charge in [-0.25, -0.2) is 8.42 Å². The zero-order valence-electron chi connectivity index (χ0n) is 19.7. The van der Waals surface area contributed by atoms with Crippen molar-refractivity contribution in [3.8, 4) is 5.75 Å². The predicted molar refractivity (Wildman–Crippen MR) is 138 cm³/mol. The molecule has 8 heteroatoms. The van der Waals surface area contributed by atoms with Crippen LogP contribution in [-0.2, 0) is 14.8 Å². The summed E-state index contributed by atoms with van der Waals surface area (Å²) in [5.74, 6) is -0.0208. The summed E-state index contributed by atoms with van der Waals surface area (Å²) in [5, 5.41) is 2.90. The van der Waals surface area contributed by atoms with Gasteiger partial charge in [-0.3, -0.25) is 9.10 Å². The van der Waals surface area contributed by atoms with Crippen LogP contribution >= 0.6 is 0 Å². The third-order valence-electron chi connectivity index (χ3n) is 6.46. The normalized spacial score (nSPS) is 17.9. The summed E-state index contributed by atoms with van der Waals surface area (Å²) in [6.45, 7) is 3.87. The lowest BCUT2D eigenvalue weighted by Crippen LogP contribution is -2.48. The molecule has 5 rings (SSSR count). The SMILES string of the molecule is Cc1ccc2c(c1)O[C@H](C(=O)Nc1ccc(N3CCCCC3)cc1)CN2S(=O)(=O)c1ccccc1. The molecule has 2 aliphatic rings. The number of piperidine rings is 1. The van der Waals surface area contributed by atoms with Crippen LogP contribution < -0.4 is 19.3 Å². The fourth-order valence-corrected chi connectivity index (χ4v) is 6.07. The summed E-state index contributed by atoms with van der Waals surface area (Å²) >= 11 is 0. The standard InChI is InChI=1S/C27H29N3O4S/c1-20-10-15-24-25(18-20)34-26(19-30(24)35(32,33)23-8-4-2-5-9-23)27(31)28-21-11-13-22(14-12-21)29-16-6-3-7-17-29/h2,4-5,8-15,18,26H,3,6-7,16-17,19H2,1H3,(H,28,31)/t26-/m0/s1. The van der Waals surface area contributed by atoms with Gasteiger partial charge in [0.2, 0.25) is 0 Å². The van der Waals surface area contributed by atoms with Crippen LogP contribution in [0.15, 0.2) is 77.7 Å². The first-order chi connectivity index (χ1) is 16.9. The molecular weight excluding hydrogens is 462 g/mol. The number of ether oxygens (including phenoxy) is 1. The number of hydrogen-bond acceptors (Lipinski definition) is 5. The summed E-state index contributed by atoms with van der Waals surface area (Å²) in [6.07, 6.45) is 2.66. The monoisotopic (exact) mass is 491 g/mol. The highest BCUT2D eigenvalue weighted by Gasteiger charge is 2.37. The van der Waals surface area contributed by atoms with E-state index in [1.54, 1.807) is 42.5 Å². The topological polar surface area (TPSA) is 79.0 Å². The Kier molecular flexibility index (Phi) is 6.38. The maximum atomic E-state index is 13.5. The maximum absolute atomic E-state index is 13.5. The van der Waals surface area contributed by atoms with E-state index < -0.39 is 22.0 Å². The smallest absolute Gasteiger partial charge is 0.267 e. The third-order valence-corrected chi connectivity index (χ3v) is 8.26. The van der Waals surface area contributed by atoms with Crippen LogP contribution in [0.3, 0.4) is 0 Å². The number of carbonyl (C=O) groups is 1. The molecule has 1 N–H and O–H groups in total. The molecule has 182 valence electrons. The van der Waals surface area contributed by atoms with Crippen molar-refractivity contribution in [1.29, 1.82) is 0 Å². The molecular formula is C27H29N3O4S. The zero-order valence-corrected chi connectivity index (χ0v) is 20.5. The number of benzene rings is 3. The molecule has 0 unspecified atom stereocenters. The average molecular weight is 492 g/mol. The summed E-state index contributed by atoms with van der Waals surface area (Å²) < 4.78 is 34.2. The lowest BCUT2D eigenvalue weighted by Gasteiger charge is -2.35. The van der Waals surface area contributed by atoms with Crippen molar-refractivity contribution in [2.45, 2.75) is 37.2 Å². The fraction of sp³-hybridized carbons (Fsp3) is 0.296. The minimum atomic E-state index is -3.88. The first kappa shape index (κ1) is 23.2. The average Bonchev–Trinajstić information content (AvgIpc) is 2.89. The molecule has 35 heavy (non-hydrogen) atoms. The van der Waals surface area contributed by atoms with Gasteiger partial charge in [-0.05, 0) is 80.3 Å². The number of sulfonamides is 1. The Morgan fingerprint density at radius 2 is 1.66 bits per heavy atom. The Labute approximate surface area is 206 Å². The first-order valence-electron chi connectivity index (χ1n) is 11.9. The van der Waals surface area contributed by atoms with Crippen molar-refractivity contribution in [1.82, 2.24) is 0 Å². The molecule has 7 nitrogen and oxygen atoms in total. The number of nitrogens with zero attached hydrogens (tertiary/aromatic N) is 2. The highest BCUT2D eigenvalue weighted by atomic mass is 32.2. The van der Waals surface area contributed by atoms with Crippen molar-refractivity contribution in [3.63, 3.8) is 0 Å². The van der Waals surface area contributed by atoms with Crippen LogP contribution in [0, 0.1) is 6.92 Å². The van der Waals surface area contributed by atoms with Crippen molar-refractivity contribution >= 4 is 33.0 Å². The minimum Gasteiger partial charge on any atom is -0.476 e. The van der Waals surface area contributed by atoms with Gasteiger partial charge >= 0.3 is 0 Å². The number of hydrogen-bond donors (Lipinski definition) is 1. The van der Waals surface area contributed by atoms with Crippen LogP contribution in [0.1, 0.15) is 24.8 Å². The van der Waals surface area contributed by atoms with Crippen molar-refractivity contribution in [3.05, 3.63) is 78.4 Å². The molecule has 0 bridgehead atoms. The second kappa shape index (κ2) is 9.62. The number of aryl methyl sites for hydroxylation is 1. The minimum absolute atomic E-state index is 0.120. The van der Waals surface area contributed by atoms with Gasteiger partial charge in [0.05, 0.1) is 17.1 Å². The number of carbonyl (C=O) groups excluding carboxylic acids is 1. The molecule has 1 atom stereocenters. The van der Waals surface area contributed by atoms with E-state index in [1.165, 1.54) is 23.6 Å². The molecule has 1 amide bonds. The lowest BCUT2D eigenvalue weighted by molar-refractivity contribution is -0.122. The number of rotatable bonds is 5. The molecule has 0 saturated carbocycles. The van der Waals surface area contributed by atoms with Gasteiger partial charge in [-0.15, -0.1) is 0 Å². The molecule has 2 aliphatic heterocycles. The van der Waals surface area contributed by atoms with Crippen molar-refractivity contribution < 1.29 is 17.9 Å². The molecule has 1 fully saturated rings. The second-order valence-electron chi connectivity index (χ2n) is 9.01. The molecule has 0 aromatic heterocycles. The van der Waals surface area contributed by atoms with E-state index in [9.17, 15) is 13.2 Å². The Hall–Kier alpha value is -3.52. The van der Waals surface area contributed by atoms with E-state index in [2.05, 4.69) is 10.2 Å². The van der Waals surface area contributed by atoms with E-state index in [1.807, 2.05) is 37.3 Å². The van der Waals surface area contributed by atoms with E-state index in [0.29, 0.717) is 17.1 Å². The number of anilines is 3. The number of fused-ring (bicyclic) bond motifs is 1. The van der Waals surface area contributed by atoms with Crippen molar-refractivity contribution in [2.75, 3.05) is 34.2 Å². The summed E-state index contributed by atoms with van der Waals surface area (Å²) in [4.78, 5) is 15.7. The van der Waals surface area contributed by atoms with Crippen molar-refractivity contribution in [2.24, 2.45) is 0 Å². The Balaban J connectivity index is 1.37. The Bertz CT molecular complexity index is 1300. The zero-order chi connectivity index (χ0) is 24.4. The van der Waals surface area contributed by atoms with E-state index in [0.717, 1.165) is 24.3 Å². The van der Waals surface area contributed by atoms with Crippen LogP contribution in [0.25, 0.3) is 0 Å². The van der Waals surface area contributed by atoms with E-state index in [4.69, 9.17) is 4.74 Å². The molecule has 2 heterocycles. The van der Waals surface area contributed by atoms with Gasteiger partial charge in [0.1, 0.15) is 5.75 Å². The highest BCUT2D eigenvalue weighted by Crippen LogP contribution is 2.38. The molecule has 3 aromatic carbocycles. The van der Waals surface area contributed by atoms with Gasteiger partial charge in [0.25, 0.3) is 15.9 Å². The number of nitrogens with one attached hydrogen (secondary N) is 1. The van der Waals surface area contributed by atoms with Gasteiger partial charge in [0.15, 0.2) is 6.10 Å². The maximum Gasteiger partial charge on any atom is 0.267 e. The third kappa shape index (κ3) is 4.84. The van der Waals surface area contributed by atoms with E-state index in [-0.39, 0.29) is 11.4 Å². The molecule has 3 aromatic rings. The molecule has 1 saturated heterocycles. The van der Waals surface area contributed by atoms with Crippen LogP contribution in [0.5, 0.6) is 5.75 Å². The van der Waals surface area contributed by atoms with Gasteiger partial charge in [-0.2, -0.15) is 0 Å². The molecule has 0 spiro atoms. The number of amides is 1. The largest absolute Gasteiger partial charge is 0.476 e. The van der Waals surface area contributed by atoms with Crippen LogP contribution in [0.4, 0.5) is 17.1 Å². The molecule has 0 radical (unpaired) electrons. The Morgan fingerprint density at radius 3 is 2.37 bits per heavy atom. The summed E-state index contributed by atoms with van der Waals surface area (Å²) in [6, 6.07) is 21.3. The van der Waals surface area contributed by atoms with Gasteiger partial charge in [-0.1, -0.05) is 24.3 Å². The fourth-order valence-electron chi connectivity index (χ4n) is 4.58. The summed E-state index contributed by atoms with van der Waals surface area (Å²) in [7, 11) is -3.88. The molecule has 0 aliphatic carbocycles. The van der Waals surface area contributed by atoms with Gasteiger partial charge < -0.3 is 15.0 Å². The highest BCUT2D eigenvalue weighted by molar-refractivity contribution is 7.92. The Morgan fingerprint density at radius 1 is 0.943 bits per heavy atom. The second-order valence-corrected chi connectivity index (χ2v) is 10.9. The summed E-state index contributed by atoms with van der Waals surface area (Å²) in [5.41, 5.74) is 3.12. The van der Waals surface area contributed by atoms with Gasteiger partial charge in [0, 0.05) is 24.5 Å². The van der Waals surface area contributed by atoms with Crippen LogP contribution in [-0.4, -0.2) is 40.1 Å². The lowest BCUT2D eigenvalue weighted by atomic mass is 10.1.